The number of hydrogen-bond acceptors (Lipinski definition) is 3. The Morgan fingerprint density at radius 3 is 2.75 bits per heavy atom. The zero-order valence-electron chi connectivity index (χ0n) is 12.5. The molecule has 4 nitrogen and oxygen atoms in total. The second kappa shape index (κ2) is 5.49. The van der Waals surface area contributed by atoms with Crippen LogP contribution < -0.4 is 0 Å². The molecule has 0 radical (unpaired) electrons. The molecule has 0 unspecified atom stereocenters. The van der Waals surface area contributed by atoms with Crippen molar-refractivity contribution in [1.82, 2.24) is 9.80 Å². The van der Waals surface area contributed by atoms with Crippen molar-refractivity contribution in [3.63, 3.8) is 0 Å². The predicted octanol–water partition coefficient (Wildman–Crippen LogP) is 1.75. The molecule has 2 aliphatic carbocycles. The summed E-state index contributed by atoms with van der Waals surface area (Å²) in [6.07, 6.45) is 9.12. The van der Waals surface area contributed by atoms with Gasteiger partial charge in [-0.2, -0.15) is 0 Å². The van der Waals surface area contributed by atoms with Gasteiger partial charge in [0.1, 0.15) is 0 Å². The van der Waals surface area contributed by atoms with Gasteiger partial charge >= 0.3 is 0 Å². The topological polar surface area (TPSA) is 43.8 Å². The van der Waals surface area contributed by atoms with Gasteiger partial charge in [0.05, 0.1) is 12.1 Å². The van der Waals surface area contributed by atoms with E-state index in [2.05, 4.69) is 11.0 Å². The van der Waals surface area contributed by atoms with Crippen LogP contribution in [0.4, 0.5) is 0 Å². The molecule has 3 rings (SSSR count). The molecule has 1 saturated carbocycles. The maximum absolute atomic E-state index is 12.4. The normalized spacial score (nSPS) is 25.8. The van der Waals surface area contributed by atoms with Crippen LogP contribution >= 0.6 is 0 Å². The highest BCUT2D eigenvalue weighted by Gasteiger charge is 2.52. The summed E-state index contributed by atoms with van der Waals surface area (Å²) in [4.78, 5) is 16.5. The smallest absolute Gasteiger partial charge is 0.240 e. The van der Waals surface area contributed by atoms with Crippen LogP contribution in [0.5, 0.6) is 0 Å². The molecule has 0 bridgehead atoms. The number of β-amino-alcohol motifs (C(OH)–C–C–N with tert-alkyl or cyclic N) is 1. The van der Waals surface area contributed by atoms with Crippen LogP contribution in [-0.4, -0.2) is 52.6 Å². The summed E-state index contributed by atoms with van der Waals surface area (Å²) < 4.78 is 0. The van der Waals surface area contributed by atoms with Crippen molar-refractivity contribution < 1.29 is 9.90 Å². The Kier molecular flexibility index (Phi) is 3.87. The van der Waals surface area contributed by atoms with Gasteiger partial charge in [-0.1, -0.05) is 6.08 Å². The fourth-order valence-electron chi connectivity index (χ4n) is 3.60. The summed E-state index contributed by atoms with van der Waals surface area (Å²) in [7, 11) is 0. The highest BCUT2D eigenvalue weighted by molar-refractivity contribution is 5.80. The van der Waals surface area contributed by atoms with Gasteiger partial charge in [-0.25, -0.2) is 0 Å². The third-order valence-corrected chi connectivity index (χ3v) is 4.92. The number of likely N-dealkylation sites (tertiary alicyclic amines) is 1. The first-order valence-corrected chi connectivity index (χ1v) is 8.06. The van der Waals surface area contributed by atoms with Crippen LogP contribution in [-0.2, 0) is 4.79 Å². The van der Waals surface area contributed by atoms with E-state index < -0.39 is 5.60 Å². The van der Waals surface area contributed by atoms with Crippen molar-refractivity contribution in [3.8, 4) is 0 Å². The summed E-state index contributed by atoms with van der Waals surface area (Å²) in [5.74, 6) is 0.690. The van der Waals surface area contributed by atoms with Crippen molar-refractivity contribution in [2.24, 2.45) is 5.92 Å². The molecular formula is C16H26N2O2. The van der Waals surface area contributed by atoms with Gasteiger partial charge < -0.3 is 10.0 Å². The molecule has 0 spiro atoms. The van der Waals surface area contributed by atoms with Gasteiger partial charge in [-0.3, -0.25) is 9.69 Å². The first kappa shape index (κ1) is 14.1. The third-order valence-electron chi connectivity index (χ3n) is 4.92. The fourth-order valence-corrected chi connectivity index (χ4v) is 3.60. The quantitative estimate of drug-likeness (QED) is 0.833. The standard InChI is InChI=1S/C16H26N2O2/c1-2-18(14-6-4-3-5-7-14)15(19)10-17-11-16(20,12-17)13-8-9-13/h6,13,20H,2-5,7-12H2,1H3. The summed E-state index contributed by atoms with van der Waals surface area (Å²) in [6.45, 7) is 4.62. The van der Waals surface area contributed by atoms with E-state index >= 15 is 0 Å². The zero-order chi connectivity index (χ0) is 14.2. The van der Waals surface area contributed by atoms with E-state index in [4.69, 9.17) is 0 Å². The van der Waals surface area contributed by atoms with Gasteiger partial charge in [-0.05, 0) is 51.4 Å². The lowest BCUT2D eigenvalue weighted by Crippen LogP contribution is -2.64. The lowest BCUT2D eigenvalue weighted by molar-refractivity contribution is -0.143. The molecule has 1 amide bonds. The largest absolute Gasteiger partial charge is 0.387 e. The molecule has 1 aliphatic heterocycles. The van der Waals surface area contributed by atoms with E-state index in [0.717, 1.165) is 32.2 Å². The summed E-state index contributed by atoms with van der Waals surface area (Å²) in [5.41, 5.74) is 0.725. The molecule has 1 N–H and O–H groups in total. The average molecular weight is 278 g/mol. The van der Waals surface area contributed by atoms with Crippen LogP contribution in [0.2, 0.25) is 0 Å². The molecule has 1 saturated heterocycles. The van der Waals surface area contributed by atoms with Crippen molar-refractivity contribution >= 4 is 5.91 Å². The van der Waals surface area contributed by atoms with Crippen LogP contribution in [0.1, 0.15) is 45.4 Å². The molecule has 112 valence electrons. The molecular weight excluding hydrogens is 252 g/mol. The Labute approximate surface area is 121 Å². The Morgan fingerprint density at radius 1 is 1.45 bits per heavy atom. The molecule has 0 aromatic heterocycles. The van der Waals surface area contributed by atoms with E-state index in [1.165, 1.54) is 18.5 Å². The van der Waals surface area contributed by atoms with Crippen LogP contribution in [0, 0.1) is 5.92 Å². The molecule has 20 heavy (non-hydrogen) atoms. The lowest BCUT2D eigenvalue weighted by atomic mass is 9.89. The number of rotatable bonds is 5. The monoisotopic (exact) mass is 278 g/mol. The molecule has 3 aliphatic rings. The molecule has 1 heterocycles. The SMILES string of the molecule is CCN(C(=O)CN1CC(O)(C2CC2)C1)C1=CCCCC1. The van der Waals surface area contributed by atoms with E-state index in [0.29, 0.717) is 25.6 Å². The van der Waals surface area contributed by atoms with Crippen molar-refractivity contribution in [2.75, 3.05) is 26.2 Å². The lowest BCUT2D eigenvalue weighted by Gasteiger charge is -2.47. The van der Waals surface area contributed by atoms with Crippen molar-refractivity contribution in [1.29, 1.82) is 0 Å². The Bertz CT molecular complexity index is 409. The minimum absolute atomic E-state index is 0.193. The molecule has 4 heteroatoms. The first-order chi connectivity index (χ1) is 9.62. The Hall–Kier alpha value is -0.870. The maximum Gasteiger partial charge on any atom is 0.240 e. The number of carbonyl (C=O) groups is 1. The van der Waals surface area contributed by atoms with Crippen LogP contribution in [0.15, 0.2) is 11.8 Å². The molecule has 0 aromatic carbocycles. The number of aliphatic hydroxyl groups is 1. The number of nitrogens with zero attached hydrogens (tertiary/aromatic N) is 2. The number of hydrogen-bond donors (Lipinski definition) is 1. The van der Waals surface area contributed by atoms with Crippen molar-refractivity contribution in [2.45, 2.75) is 51.0 Å². The highest BCUT2D eigenvalue weighted by atomic mass is 16.3. The fraction of sp³-hybridized carbons (Fsp3) is 0.812. The van der Waals surface area contributed by atoms with Gasteiger partial charge in [0.2, 0.25) is 5.91 Å². The van der Waals surface area contributed by atoms with E-state index in [1.807, 2.05) is 11.8 Å². The van der Waals surface area contributed by atoms with Gasteiger partial charge in [0.15, 0.2) is 0 Å². The number of amides is 1. The second-order valence-electron chi connectivity index (χ2n) is 6.60. The van der Waals surface area contributed by atoms with Gasteiger partial charge in [0.25, 0.3) is 0 Å². The van der Waals surface area contributed by atoms with E-state index in [1.54, 1.807) is 0 Å². The van der Waals surface area contributed by atoms with Crippen LogP contribution in [0.3, 0.4) is 0 Å². The summed E-state index contributed by atoms with van der Waals surface area (Å²) in [5, 5.41) is 10.3. The number of allylic oxidation sites excluding steroid dienone is 2. The third kappa shape index (κ3) is 2.77. The van der Waals surface area contributed by atoms with Gasteiger partial charge in [-0.15, -0.1) is 0 Å². The zero-order valence-corrected chi connectivity index (χ0v) is 12.5. The number of likely N-dealkylation sites (N-methyl/N-ethyl adjacent to an activating group) is 1. The maximum atomic E-state index is 12.4. The Morgan fingerprint density at radius 2 is 2.20 bits per heavy atom. The second-order valence-corrected chi connectivity index (χ2v) is 6.60. The first-order valence-electron chi connectivity index (χ1n) is 8.06. The minimum Gasteiger partial charge on any atom is -0.387 e. The van der Waals surface area contributed by atoms with E-state index in [9.17, 15) is 9.90 Å². The molecule has 0 atom stereocenters. The summed E-state index contributed by atoms with van der Waals surface area (Å²) in [6, 6.07) is 0. The average Bonchev–Trinajstić information content (AvgIpc) is 3.23. The predicted molar refractivity (Wildman–Crippen MR) is 78.1 cm³/mol. The molecule has 2 fully saturated rings. The molecule has 0 aromatic rings. The summed E-state index contributed by atoms with van der Waals surface area (Å²) >= 11 is 0. The minimum atomic E-state index is -0.485. The van der Waals surface area contributed by atoms with Crippen molar-refractivity contribution in [3.05, 3.63) is 11.8 Å². The van der Waals surface area contributed by atoms with Gasteiger partial charge in [0, 0.05) is 25.3 Å². The number of carbonyl (C=O) groups excluding carboxylic acids is 1. The highest BCUT2D eigenvalue weighted by Crippen LogP contribution is 2.44. The van der Waals surface area contributed by atoms with Crippen LogP contribution in [0.25, 0.3) is 0 Å². The Balaban J connectivity index is 1.52. The van der Waals surface area contributed by atoms with E-state index in [-0.39, 0.29) is 5.91 Å².